The molecule has 0 aromatic carbocycles. The van der Waals surface area contributed by atoms with E-state index < -0.39 is 11.4 Å². The Morgan fingerprint density at radius 2 is 1.46 bits per heavy atom. The Bertz CT molecular complexity index is 466. The van der Waals surface area contributed by atoms with Gasteiger partial charge in [0.1, 0.15) is 0 Å². The summed E-state index contributed by atoms with van der Waals surface area (Å²) in [4.78, 5) is 24.6. The molecule has 0 N–H and O–H groups in total. The summed E-state index contributed by atoms with van der Waals surface area (Å²) < 4.78 is 15.9. The molecule has 1 rings (SSSR count). The lowest BCUT2D eigenvalue weighted by molar-refractivity contribution is -0.179. The van der Waals surface area contributed by atoms with E-state index in [9.17, 15) is 9.59 Å². The molecule has 0 aromatic heterocycles. The molecule has 26 heavy (non-hydrogen) atoms. The highest BCUT2D eigenvalue weighted by molar-refractivity contribution is 5.80. The highest BCUT2D eigenvalue weighted by Crippen LogP contribution is 2.47. The van der Waals surface area contributed by atoms with Gasteiger partial charge in [0.25, 0.3) is 0 Å². The lowest BCUT2D eigenvalue weighted by Crippen LogP contribution is -2.44. The zero-order valence-electron chi connectivity index (χ0n) is 17.8. The van der Waals surface area contributed by atoms with Crippen molar-refractivity contribution in [3.63, 3.8) is 0 Å². The van der Waals surface area contributed by atoms with Crippen LogP contribution in [0.5, 0.6) is 0 Å². The Hall–Kier alpha value is -1.10. The van der Waals surface area contributed by atoms with E-state index in [0.29, 0.717) is 6.42 Å². The van der Waals surface area contributed by atoms with Crippen LogP contribution in [0.25, 0.3) is 0 Å². The summed E-state index contributed by atoms with van der Waals surface area (Å²) in [5.74, 6) is -0.925. The van der Waals surface area contributed by atoms with Gasteiger partial charge in [-0.25, -0.2) is 4.79 Å². The number of esters is 2. The molecule has 0 aromatic rings. The Kier molecular flexibility index (Phi) is 8.12. The van der Waals surface area contributed by atoms with Crippen LogP contribution >= 0.6 is 0 Å². The van der Waals surface area contributed by atoms with E-state index in [0.717, 1.165) is 25.7 Å². The summed E-state index contributed by atoms with van der Waals surface area (Å²) >= 11 is 0. The van der Waals surface area contributed by atoms with Gasteiger partial charge in [-0.2, -0.15) is 0 Å². The molecule has 1 atom stereocenters. The van der Waals surface area contributed by atoms with Crippen molar-refractivity contribution in [1.82, 2.24) is 0 Å². The number of hydrogen-bond donors (Lipinski definition) is 0. The van der Waals surface area contributed by atoms with Gasteiger partial charge in [0.05, 0.1) is 11.5 Å². The maximum absolute atomic E-state index is 12.8. The molecule has 1 aliphatic carbocycles. The highest BCUT2D eigenvalue weighted by atomic mass is 16.7. The molecule has 0 radical (unpaired) electrons. The Labute approximate surface area is 159 Å². The molecule has 5 heteroatoms. The fraction of sp³-hybridized carbons (Fsp3) is 0.905. The molecule has 1 saturated carbocycles. The lowest BCUT2D eigenvalue weighted by Gasteiger charge is -2.43. The van der Waals surface area contributed by atoms with Crippen molar-refractivity contribution in [2.24, 2.45) is 16.2 Å². The molecule has 1 unspecified atom stereocenters. The van der Waals surface area contributed by atoms with E-state index in [1.807, 2.05) is 27.7 Å². The molecule has 1 aliphatic rings. The van der Waals surface area contributed by atoms with Crippen molar-refractivity contribution >= 4 is 11.9 Å². The molecule has 0 heterocycles. The van der Waals surface area contributed by atoms with E-state index in [1.165, 1.54) is 6.42 Å². The summed E-state index contributed by atoms with van der Waals surface area (Å²) in [7, 11) is 0. The fourth-order valence-corrected chi connectivity index (χ4v) is 3.46. The highest BCUT2D eigenvalue weighted by Gasteiger charge is 2.47. The summed E-state index contributed by atoms with van der Waals surface area (Å²) in [6.07, 6.45) is 6.45. The van der Waals surface area contributed by atoms with Crippen molar-refractivity contribution in [3.8, 4) is 0 Å². The molecule has 0 spiro atoms. The molecular formula is C21H38O5. The first-order chi connectivity index (χ1) is 11.8. The standard InChI is InChI=1S/C21H38O5/c1-19(2,3)14-21(7,20(4,5)6)18(23)24-13-17(22)26-15-25-16-11-9-8-10-12-16/h16H,8-15H2,1-7H3. The predicted molar refractivity (Wildman–Crippen MR) is 102 cm³/mol. The summed E-state index contributed by atoms with van der Waals surface area (Å²) in [5, 5.41) is 0. The predicted octanol–water partition coefficient (Wildman–Crippen LogP) is 4.87. The average Bonchev–Trinajstić information content (AvgIpc) is 2.50. The van der Waals surface area contributed by atoms with Crippen LogP contribution in [0.4, 0.5) is 0 Å². The molecule has 0 amide bonds. The zero-order valence-corrected chi connectivity index (χ0v) is 17.8. The molecule has 5 nitrogen and oxygen atoms in total. The monoisotopic (exact) mass is 370 g/mol. The van der Waals surface area contributed by atoms with Crippen LogP contribution < -0.4 is 0 Å². The van der Waals surface area contributed by atoms with Gasteiger partial charge < -0.3 is 14.2 Å². The summed E-state index contributed by atoms with van der Waals surface area (Å²) in [6, 6.07) is 0. The van der Waals surface area contributed by atoms with Crippen LogP contribution in [-0.4, -0.2) is 31.4 Å². The lowest BCUT2D eigenvalue weighted by atomic mass is 9.61. The van der Waals surface area contributed by atoms with Gasteiger partial charge in [0.15, 0.2) is 13.4 Å². The summed E-state index contributed by atoms with van der Waals surface area (Å²) in [6.45, 7) is 13.8. The SMILES string of the molecule is CC(C)(C)CC(C)(C(=O)OCC(=O)OCOC1CCCCC1)C(C)(C)C. The van der Waals surface area contributed by atoms with Crippen molar-refractivity contribution in [2.45, 2.75) is 93.1 Å². The van der Waals surface area contributed by atoms with Gasteiger partial charge in [-0.15, -0.1) is 0 Å². The number of carbonyl (C=O) groups excluding carboxylic acids is 2. The second-order valence-corrected chi connectivity index (χ2v) is 9.96. The maximum atomic E-state index is 12.8. The molecular weight excluding hydrogens is 332 g/mol. The van der Waals surface area contributed by atoms with Crippen molar-refractivity contribution < 1.29 is 23.8 Å². The molecule has 152 valence electrons. The molecule has 0 saturated heterocycles. The van der Waals surface area contributed by atoms with Crippen LogP contribution in [0.1, 0.15) is 87.0 Å². The van der Waals surface area contributed by atoms with E-state index in [4.69, 9.17) is 14.2 Å². The average molecular weight is 371 g/mol. The minimum atomic E-state index is -0.690. The van der Waals surface area contributed by atoms with E-state index >= 15 is 0 Å². The van der Waals surface area contributed by atoms with Crippen LogP contribution in [0.15, 0.2) is 0 Å². The van der Waals surface area contributed by atoms with Crippen LogP contribution in [0, 0.1) is 16.2 Å². The van der Waals surface area contributed by atoms with E-state index in [2.05, 4.69) is 20.8 Å². The van der Waals surface area contributed by atoms with Gasteiger partial charge in [-0.1, -0.05) is 60.8 Å². The first-order valence-electron chi connectivity index (χ1n) is 9.80. The smallest absolute Gasteiger partial charge is 0.346 e. The van der Waals surface area contributed by atoms with Gasteiger partial charge >= 0.3 is 11.9 Å². The van der Waals surface area contributed by atoms with Gasteiger partial charge in [-0.05, 0) is 37.0 Å². The largest absolute Gasteiger partial charge is 0.453 e. The zero-order chi connectivity index (χ0) is 20.0. The minimum Gasteiger partial charge on any atom is -0.453 e. The van der Waals surface area contributed by atoms with Crippen molar-refractivity contribution in [2.75, 3.05) is 13.4 Å². The maximum Gasteiger partial charge on any atom is 0.346 e. The topological polar surface area (TPSA) is 61.8 Å². The number of ether oxygens (including phenoxy) is 3. The Morgan fingerprint density at radius 1 is 0.885 bits per heavy atom. The third-order valence-corrected chi connectivity index (χ3v) is 5.39. The molecule has 0 aliphatic heterocycles. The minimum absolute atomic E-state index is 0.0323. The normalized spacial score (nSPS) is 18.9. The van der Waals surface area contributed by atoms with Crippen LogP contribution in [-0.2, 0) is 23.8 Å². The number of hydrogen-bond acceptors (Lipinski definition) is 5. The van der Waals surface area contributed by atoms with E-state index in [-0.39, 0.29) is 36.3 Å². The van der Waals surface area contributed by atoms with Gasteiger partial charge in [-0.3, -0.25) is 4.79 Å². The Balaban J connectivity index is 2.47. The third kappa shape index (κ3) is 7.26. The Morgan fingerprint density at radius 3 is 1.96 bits per heavy atom. The fourth-order valence-electron chi connectivity index (χ4n) is 3.46. The number of rotatable bonds is 7. The second-order valence-electron chi connectivity index (χ2n) is 9.96. The first kappa shape index (κ1) is 22.9. The third-order valence-electron chi connectivity index (χ3n) is 5.39. The number of carbonyl (C=O) groups is 2. The van der Waals surface area contributed by atoms with Gasteiger partial charge in [0.2, 0.25) is 0 Å². The van der Waals surface area contributed by atoms with Crippen molar-refractivity contribution in [1.29, 1.82) is 0 Å². The second kappa shape index (κ2) is 9.20. The van der Waals surface area contributed by atoms with Crippen LogP contribution in [0.2, 0.25) is 0 Å². The molecule has 1 fully saturated rings. The van der Waals surface area contributed by atoms with Gasteiger partial charge in [0, 0.05) is 0 Å². The molecule has 0 bridgehead atoms. The van der Waals surface area contributed by atoms with E-state index in [1.54, 1.807) is 0 Å². The van der Waals surface area contributed by atoms with Crippen LogP contribution in [0.3, 0.4) is 0 Å². The quantitative estimate of drug-likeness (QED) is 0.473. The first-order valence-corrected chi connectivity index (χ1v) is 9.80. The summed E-state index contributed by atoms with van der Waals surface area (Å²) in [5.41, 5.74) is -1.01. The van der Waals surface area contributed by atoms with Crippen molar-refractivity contribution in [3.05, 3.63) is 0 Å².